The monoisotopic (exact) mass is 288 g/mol. The minimum atomic E-state index is -0.113. The number of carbonyl (C=O) groups is 1. The van der Waals surface area contributed by atoms with Gasteiger partial charge in [-0.2, -0.15) is 0 Å². The maximum Gasteiger partial charge on any atom is 0.319 e. The number of nitrogens with zero attached hydrogens (tertiary/aromatic N) is 2. The van der Waals surface area contributed by atoms with Crippen molar-refractivity contribution in [3.8, 4) is 0 Å². The van der Waals surface area contributed by atoms with E-state index in [4.69, 9.17) is 0 Å². The summed E-state index contributed by atoms with van der Waals surface area (Å²) >= 11 is 0. The van der Waals surface area contributed by atoms with Gasteiger partial charge in [-0.25, -0.2) is 9.78 Å². The lowest BCUT2D eigenvalue weighted by Gasteiger charge is -2.23. The summed E-state index contributed by atoms with van der Waals surface area (Å²) in [5, 5.41) is 5.92. The van der Waals surface area contributed by atoms with Gasteiger partial charge in [-0.05, 0) is 37.8 Å². The number of pyridine rings is 1. The predicted molar refractivity (Wildman–Crippen MR) is 84.7 cm³/mol. The molecule has 0 atom stereocenters. The molecule has 2 aliphatic rings. The average Bonchev–Trinajstić information content (AvgIpc) is 3.03. The summed E-state index contributed by atoms with van der Waals surface area (Å²) in [6, 6.07) is 4.14. The summed E-state index contributed by atoms with van der Waals surface area (Å²) in [5.74, 6) is 1.01. The van der Waals surface area contributed by atoms with Crippen molar-refractivity contribution < 1.29 is 4.79 Å². The highest BCUT2D eigenvalue weighted by Gasteiger charge is 2.16. The summed E-state index contributed by atoms with van der Waals surface area (Å²) in [6.07, 6.45) is 10.2. The van der Waals surface area contributed by atoms with Crippen LogP contribution in [0.2, 0.25) is 0 Å². The topological polar surface area (TPSA) is 57.3 Å². The first-order chi connectivity index (χ1) is 10.3. The van der Waals surface area contributed by atoms with Gasteiger partial charge in [0.15, 0.2) is 0 Å². The van der Waals surface area contributed by atoms with Crippen LogP contribution >= 0.6 is 0 Å². The Bertz CT molecular complexity index is 462. The molecule has 3 rings (SSSR count). The van der Waals surface area contributed by atoms with Gasteiger partial charge in [0.2, 0.25) is 0 Å². The zero-order valence-electron chi connectivity index (χ0n) is 12.5. The molecule has 5 nitrogen and oxygen atoms in total. The molecule has 2 heterocycles. The van der Waals surface area contributed by atoms with Crippen molar-refractivity contribution in [3.05, 3.63) is 18.3 Å². The minimum absolute atomic E-state index is 0.113. The molecule has 2 amide bonds. The Labute approximate surface area is 126 Å². The van der Waals surface area contributed by atoms with E-state index in [1.807, 2.05) is 12.1 Å². The van der Waals surface area contributed by atoms with E-state index < -0.39 is 0 Å². The van der Waals surface area contributed by atoms with Crippen LogP contribution in [0.1, 0.15) is 44.9 Å². The van der Waals surface area contributed by atoms with Gasteiger partial charge in [0, 0.05) is 19.1 Å². The molecular formula is C16H24N4O. The fraction of sp³-hybridized carbons (Fsp3) is 0.625. The lowest BCUT2D eigenvalue weighted by atomic mass is 9.96. The molecule has 1 saturated carbocycles. The number of nitrogens with one attached hydrogen (secondary N) is 2. The fourth-order valence-corrected chi connectivity index (χ4v) is 3.19. The van der Waals surface area contributed by atoms with E-state index in [2.05, 4.69) is 20.5 Å². The number of hydrogen-bond acceptors (Lipinski definition) is 3. The van der Waals surface area contributed by atoms with Crippen LogP contribution < -0.4 is 15.5 Å². The minimum Gasteiger partial charge on any atom is -0.357 e. The van der Waals surface area contributed by atoms with Crippen molar-refractivity contribution >= 4 is 17.5 Å². The summed E-state index contributed by atoms with van der Waals surface area (Å²) < 4.78 is 0. The Morgan fingerprint density at radius 1 is 1.10 bits per heavy atom. The van der Waals surface area contributed by atoms with Crippen LogP contribution in [-0.4, -0.2) is 30.1 Å². The summed E-state index contributed by atoms with van der Waals surface area (Å²) in [4.78, 5) is 18.7. The van der Waals surface area contributed by atoms with E-state index in [-0.39, 0.29) is 6.03 Å². The van der Waals surface area contributed by atoms with Gasteiger partial charge in [-0.3, -0.25) is 0 Å². The highest BCUT2D eigenvalue weighted by Crippen LogP contribution is 2.20. The normalized spacial score (nSPS) is 19.5. The SMILES string of the molecule is O=C(Nc1ccc(N2CCCC2)nc1)NC1CCCCC1. The van der Waals surface area contributed by atoms with Gasteiger partial charge < -0.3 is 15.5 Å². The van der Waals surface area contributed by atoms with Crippen LogP contribution in [-0.2, 0) is 0 Å². The second-order valence-electron chi connectivity index (χ2n) is 6.03. The molecule has 1 saturated heterocycles. The third-order valence-electron chi connectivity index (χ3n) is 4.38. The van der Waals surface area contributed by atoms with Crippen molar-refractivity contribution in [1.82, 2.24) is 10.3 Å². The Morgan fingerprint density at radius 3 is 2.52 bits per heavy atom. The molecule has 114 valence electrons. The first kappa shape index (κ1) is 14.2. The number of rotatable bonds is 3. The van der Waals surface area contributed by atoms with E-state index in [1.54, 1.807) is 6.20 Å². The predicted octanol–water partition coefficient (Wildman–Crippen LogP) is 3.14. The molecule has 1 aliphatic carbocycles. The average molecular weight is 288 g/mol. The van der Waals surface area contributed by atoms with Crippen LogP contribution in [0.5, 0.6) is 0 Å². The van der Waals surface area contributed by atoms with Crippen LogP contribution in [0, 0.1) is 0 Å². The van der Waals surface area contributed by atoms with Crippen LogP contribution in [0.3, 0.4) is 0 Å². The molecule has 2 fully saturated rings. The van der Waals surface area contributed by atoms with E-state index in [0.717, 1.165) is 37.4 Å². The Hall–Kier alpha value is -1.78. The van der Waals surface area contributed by atoms with Gasteiger partial charge in [0.05, 0.1) is 11.9 Å². The number of amides is 2. The Kier molecular flexibility index (Phi) is 4.58. The van der Waals surface area contributed by atoms with Crippen molar-refractivity contribution in [2.24, 2.45) is 0 Å². The van der Waals surface area contributed by atoms with Gasteiger partial charge in [0.25, 0.3) is 0 Å². The standard InChI is InChI=1S/C16H24N4O/c21-16(18-13-6-2-1-3-7-13)19-14-8-9-15(17-12-14)20-10-4-5-11-20/h8-9,12-13H,1-7,10-11H2,(H2,18,19,21). The first-order valence-corrected chi connectivity index (χ1v) is 8.10. The second kappa shape index (κ2) is 6.78. The third kappa shape index (κ3) is 3.86. The molecule has 1 aromatic heterocycles. The molecule has 0 spiro atoms. The number of hydrogen-bond donors (Lipinski definition) is 2. The lowest BCUT2D eigenvalue weighted by Crippen LogP contribution is -2.39. The van der Waals surface area contributed by atoms with Crippen LogP contribution in [0.15, 0.2) is 18.3 Å². The van der Waals surface area contributed by atoms with Crippen LogP contribution in [0.4, 0.5) is 16.3 Å². The molecule has 21 heavy (non-hydrogen) atoms. The number of anilines is 2. The van der Waals surface area contributed by atoms with E-state index >= 15 is 0 Å². The van der Waals surface area contributed by atoms with Crippen molar-refractivity contribution in [2.75, 3.05) is 23.3 Å². The summed E-state index contributed by atoms with van der Waals surface area (Å²) in [5.41, 5.74) is 0.756. The number of aromatic nitrogens is 1. The zero-order chi connectivity index (χ0) is 14.5. The second-order valence-corrected chi connectivity index (χ2v) is 6.03. The van der Waals surface area contributed by atoms with Crippen molar-refractivity contribution in [2.45, 2.75) is 51.0 Å². The molecule has 0 unspecified atom stereocenters. The number of urea groups is 1. The molecule has 0 bridgehead atoms. The first-order valence-electron chi connectivity index (χ1n) is 8.10. The number of carbonyl (C=O) groups excluding carboxylic acids is 1. The maximum atomic E-state index is 12.0. The van der Waals surface area contributed by atoms with Crippen molar-refractivity contribution in [3.63, 3.8) is 0 Å². The van der Waals surface area contributed by atoms with Gasteiger partial charge >= 0.3 is 6.03 Å². The third-order valence-corrected chi connectivity index (χ3v) is 4.38. The van der Waals surface area contributed by atoms with Gasteiger partial charge in [0.1, 0.15) is 5.82 Å². The highest BCUT2D eigenvalue weighted by molar-refractivity contribution is 5.89. The fourth-order valence-electron chi connectivity index (χ4n) is 3.19. The molecule has 1 aliphatic heterocycles. The van der Waals surface area contributed by atoms with E-state index in [1.165, 1.54) is 32.1 Å². The van der Waals surface area contributed by atoms with Gasteiger partial charge in [-0.1, -0.05) is 19.3 Å². The van der Waals surface area contributed by atoms with Crippen molar-refractivity contribution in [1.29, 1.82) is 0 Å². The molecular weight excluding hydrogens is 264 g/mol. The van der Waals surface area contributed by atoms with E-state index in [9.17, 15) is 4.79 Å². The largest absolute Gasteiger partial charge is 0.357 e. The smallest absolute Gasteiger partial charge is 0.319 e. The molecule has 5 heteroatoms. The molecule has 0 radical (unpaired) electrons. The van der Waals surface area contributed by atoms with E-state index in [0.29, 0.717) is 6.04 Å². The Morgan fingerprint density at radius 2 is 1.86 bits per heavy atom. The Balaban J connectivity index is 1.50. The quantitative estimate of drug-likeness (QED) is 0.898. The maximum absolute atomic E-state index is 12.0. The lowest BCUT2D eigenvalue weighted by molar-refractivity contribution is 0.244. The highest BCUT2D eigenvalue weighted by atomic mass is 16.2. The van der Waals surface area contributed by atoms with Crippen LogP contribution in [0.25, 0.3) is 0 Å². The zero-order valence-corrected chi connectivity index (χ0v) is 12.5. The summed E-state index contributed by atoms with van der Waals surface area (Å²) in [7, 11) is 0. The molecule has 2 N–H and O–H groups in total. The summed E-state index contributed by atoms with van der Waals surface area (Å²) in [6.45, 7) is 2.17. The molecule has 1 aromatic rings. The van der Waals surface area contributed by atoms with Gasteiger partial charge in [-0.15, -0.1) is 0 Å². The molecule has 0 aromatic carbocycles.